The summed E-state index contributed by atoms with van der Waals surface area (Å²) in [6.45, 7) is 0.101. The molecule has 30 N–H and O–H groups in total. The lowest BCUT2D eigenvalue weighted by molar-refractivity contribution is -0.413. The van der Waals surface area contributed by atoms with Crippen molar-refractivity contribution in [2.24, 2.45) is 0 Å². The number of aliphatic hydroxyl groups is 26. The van der Waals surface area contributed by atoms with E-state index in [1.165, 1.54) is 20.8 Å². The summed E-state index contributed by atoms with van der Waals surface area (Å²) in [5.74, 6) is -8.31. The quantitative estimate of drug-likeness (QED) is 0.0318. The van der Waals surface area contributed by atoms with Gasteiger partial charge in [-0.3, -0.25) is 14.4 Å². The molecule has 0 aromatic heterocycles. The van der Waals surface area contributed by atoms with Gasteiger partial charge in [-0.2, -0.15) is 0 Å². The summed E-state index contributed by atoms with van der Waals surface area (Å²) < 4.78 is 116. The van der Waals surface area contributed by atoms with Gasteiger partial charge in [0.1, 0.15) is 214 Å². The third-order valence-corrected chi connectivity index (χ3v) is 22.9. The minimum absolute atomic E-state index is 0.872. The molecule has 122 heavy (non-hydrogen) atoms. The fourth-order valence-corrected chi connectivity index (χ4v) is 15.9. The van der Waals surface area contributed by atoms with E-state index in [-0.39, 0.29) is 0 Å². The lowest BCUT2D eigenvalue weighted by Crippen LogP contribution is -2.71. The van der Waals surface area contributed by atoms with Crippen molar-refractivity contribution in [1.82, 2.24) is 16.0 Å². The van der Waals surface area contributed by atoms with E-state index >= 15 is 0 Å². The lowest BCUT2D eigenvalue weighted by Gasteiger charge is -2.52. The minimum Gasteiger partial charge on any atom is -0.477 e. The van der Waals surface area contributed by atoms with Crippen LogP contribution in [0.4, 0.5) is 0 Å². The zero-order valence-electron chi connectivity index (χ0n) is 66.3. The molecule has 0 saturated carbocycles. The number of carboxylic acids is 1. The Morgan fingerprint density at radius 1 is 0.352 bits per heavy atom. The van der Waals surface area contributed by atoms with Crippen LogP contribution in [0.5, 0.6) is 0 Å². The van der Waals surface area contributed by atoms with E-state index in [2.05, 4.69) is 16.0 Å². The third kappa shape index (κ3) is 21.6. The molecule has 3 amide bonds. The summed E-state index contributed by atoms with van der Waals surface area (Å²) in [5.41, 5.74) is 0. The van der Waals surface area contributed by atoms with Crippen LogP contribution < -0.4 is 16.0 Å². The number of carbonyl (C=O) groups excluding carboxylic acids is 3. The maximum Gasteiger partial charge on any atom is 0.364 e. The Labute approximate surface area is 691 Å². The van der Waals surface area contributed by atoms with Gasteiger partial charge in [0.2, 0.25) is 17.7 Å². The van der Waals surface area contributed by atoms with E-state index < -0.39 is 382 Å². The van der Waals surface area contributed by atoms with Gasteiger partial charge in [-0.05, 0) is 27.7 Å². The van der Waals surface area contributed by atoms with Crippen LogP contribution >= 0.6 is 0 Å². The zero-order valence-corrected chi connectivity index (χ0v) is 66.3. The molecule has 10 saturated heterocycles. The van der Waals surface area contributed by atoms with E-state index in [1.807, 2.05) is 0 Å². The normalized spacial score (nSPS) is 50.3. The Morgan fingerprint density at radius 2 is 0.705 bits per heavy atom. The molecule has 10 aliphatic heterocycles. The maximum absolute atomic E-state index is 13.8. The summed E-state index contributed by atoms with van der Waals surface area (Å²) in [6, 6.07) is -5.97. The molecular formula is C69H115N3O50. The molecule has 10 fully saturated rings. The average molecular weight is 1790 g/mol. The summed E-state index contributed by atoms with van der Waals surface area (Å²) in [7, 11) is 0. The number of carboxylic acid groups (broad SMARTS) is 1. The average Bonchev–Trinajstić information content (AvgIpc) is 0.759. The van der Waals surface area contributed by atoms with Gasteiger partial charge in [0, 0.05) is 27.2 Å². The van der Waals surface area contributed by atoms with Crippen LogP contribution in [0, 0.1) is 0 Å². The highest BCUT2D eigenvalue weighted by atomic mass is 16.8. The van der Waals surface area contributed by atoms with Crippen molar-refractivity contribution >= 4 is 23.7 Å². The molecule has 1 unspecified atom stereocenters. The van der Waals surface area contributed by atoms with E-state index in [0.717, 1.165) is 27.7 Å². The smallest absolute Gasteiger partial charge is 0.364 e. The van der Waals surface area contributed by atoms with Crippen LogP contribution in [0.25, 0.3) is 0 Å². The molecule has 0 bridgehead atoms. The first-order valence-electron chi connectivity index (χ1n) is 39.2. The number of ether oxygens (including phenoxy) is 19. The molecule has 53 nitrogen and oxygen atoms in total. The number of hydrogen-bond acceptors (Lipinski definition) is 49. The van der Waals surface area contributed by atoms with Crippen molar-refractivity contribution in [2.75, 3.05) is 39.6 Å². The van der Waals surface area contributed by atoms with E-state index in [1.54, 1.807) is 0 Å². The maximum atomic E-state index is 13.8. The third-order valence-electron chi connectivity index (χ3n) is 22.9. The van der Waals surface area contributed by atoms with Crippen LogP contribution in [-0.2, 0) is 109 Å². The Hall–Kier alpha value is -3.92. The highest BCUT2D eigenvalue weighted by Crippen LogP contribution is 2.43. The number of rotatable bonds is 30. The SMILES string of the molecule is CC(=O)N[C@H]1[C@H](OC[C@H]2O[C@@H](O[C@H]3[C@@H](O)[C@@H](CO[C@]4(C(=O)O)C[C@H](O)[C@@H](NC(C)=O)[C@H]([C@H](O)[C@H](O)CO)O4)OC(O)[C@@H]3NC(C)=O)[C@H](O[C@@H]3O[C@@H](C)[C@@H](O)[C@@H](O)[C@@H]3O)[C@@H](O[C@@H]3O[C@H](CO)[C@H](O)[C@H](O)[C@H]3O[C@@H]3O[C@@H](C)[C@@H](O)[C@@H](O)[C@@H]3O)[C@H]2O)O[C@H](CO)[C@@H](O[C@@H]2O[C@H](CO)[C@H](O)[C@H](O)[C@H]2O[C@@H]2O[C@@H](C)[C@@H](O)[C@@H](O)[C@@H]2O)[C@@H]1O[C@@H]1O[C@@H](C)[C@@H](O)[C@@H](O)[C@@H]1O. The largest absolute Gasteiger partial charge is 0.477 e. The van der Waals surface area contributed by atoms with Crippen LogP contribution in [0.15, 0.2) is 0 Å². The second-order valence-electron chi connectivity index (χ2n) is 31.6. The van der Waals surface area contributed by atoms with Gasteiger partial charge in [-0.1, -0.05) is 0 Å². The van der Waals surface area contributed by atoms with Crippen LogP contribution in [0.1, 0.15) is 54.9 Å². The van der Waals surface area contributed by atoms with Crippen molar-refractivity contribution in [3.05, 3.63) is 0 Å². The van der Waals surface area contributed by atoms with Crippen molar-refractivity contribution in [2.45, 2.75) is 367 Å². The minimum atomic E-state index is -3.22. The molecule has 0 aromatic rings. The Kier molecular flexibility index (Phi) is 34.8. The van der Waals surface area contributed by atoms with E-state index in [4.69, 9.17) is 90.0 Å². The van der Waals surface area contributed by atoms with Crippen molar-refractivity contribution in [1.29, 1.82) is 0 Å². The van der Waals surface area contributed by atoms with Gasteiger partial charge in [0.05, 0.1) is 76.2 Å². The first kappa shape index (κ1) is 100. The van der Waals surface area contributed by atoms with Crippen LogP contribution in [0.2, 0.25) is 0 Å². The zero-order chi connectivity index (χ0) is 90.2. The fourth-order valence-electron chi connectivity index (χ4n) is 15.9. The van der Waals surface area contributed by atoms with Gasteiger partial charge < -0.3 is 244 Å². The fraction of sp³-hybridized carbons (Fsp3) is 0.942. The van der Waals surface area contributed by atoms with Crippen LogP contribution in [0.3, 0.4) is 0 Å². The predicted octanol–water partition coefficient (Wildman–Crippen LogP) is -19.1. The van der Waals surface area contributed by atoms with Gasteiger partial charge >= 0.3 is 5.97 Å². The number of carbonyl (C=O) groups is 4. The molecule has 0 spiro atoms. The molecule has 706 valence electrons. The van der Waals surface area contributed by atoms with Crippen molar-refractivity contribution < 1.29 is 247 Å². The van der Waals surface area contributed by atoms with E-state index in [9.17, 15) is 157 Å². The molecular weight excluding hydrogens is 1670 g/mol. The topological polar surface area (TPSA) is 826 Å². The Bertz CT molecular complexity index is 3340. The van der Waals surface area contributed by atoms with Crippen LogP contribution in [-0.4, -0.2) is 514 Å². The second-order valence-corrected chi connectivity index (χ2v) is 31.6. The first-order valence-corrected chi connectivity index (χ1v) is 39.2. The van der Waals surface area contributed by atoms with Crippen molar-refractivity contribution in [3.63, 3.8) is 0 Å². The molecule has 10 heterocycles. The highest BCUT2D eigenvalue weighted by Gasteiger charge is 2.63. The molecule has 0 radical (unpaired) electrons. The number of aliphatic carboxylic acids is 1. The summed E-state index contributed by atoms with van der Waals surface area (Å²) in [4.78, 5) is 52.9. The number of aliphatic hydroxyl groups excluding tert-OH is 26. The first-order chi connectivity index (χ1) is 57.3. The molecule has 53 heteroatoms. The molecule has 51 atom stereocenters. The standard InChI is InChI=1S/C69H115N3O50/c1-15-32(82)41(91)47(97)61(106-15)117-54-31(72-21(7)79)60(113-26(12-76)51(54)115-65-56(45(95)37(87)24(10-74)111-65)119-62-48(98)42(92)33(83)16(2)107-62)104-13-27-40(90)55(118-66-57(46(96)38(88)25(11-75)112-66)120-63-49(99)43(93)34(84)17(3)108-63)58(121-64-50(100)44(94)35(85)18(4)109-64)67(114-27)116-52-30(71-20(6)78)59(101)110-28(39(52)89)14-105-69(68(102)103)8-22(80)29(70-19(5)77)53(122-69)36(86)23(81)9-73/h15-18,22-67,73-76,80-101H,8-14H2,1-7H3,(H,70,77)(H,71,78)(H,72,79)(H,102,103)/t15-,16-,17-,18-,22-,23+,24+,25+,26+,27+,28+,29+,30+,31+,32+,33+,34+,35+,36+,37-,38-,39-,40-,41+,42+,43+,44+,45-,46-,47-,48-,49-,50-,51+,52+,53+,54+,55-,56+,57+,58+,59?,60+,61-,62-,63-,64-,65-,66-,67-,69+/m0/s1. The predicted molar refractivity (Wildman–Crippen MR) is 376 cm³/mol. The van der Waals surface area contributed by atoms with E-state index in [0.29, 0.717) is 0 Å². The van der Waals surface area contributed by atoms with Gasteiger partial charge in [0.25, 0.3) is 5.79 Å². The summed E-state index contributed by atoms with van der Waals surface area (Å²) >= 11 is 0. The van der Waals surface area contributed by atoms with Gasteiger partial charge in [-0.25, -0.2) is 4.79 Å². The molecule has 0 aromatic carbocycles. The molecule has 10 aliphatic rings. The second kappa shape index (κ2) is 42.3. The van der Waals surface area contributed by atoms with Gasteiger partial charge in [-0.15, -0.1) is 0 Å². The summed E-state index contributed by atoms with van der Waals surface area (Å²) in [6.07, 6.45) is -102. The number of amides is 3. The van der Waals surface area contributed by atoms with Crippen molar-refractivity contribution in [3.8, 4) is 0 Å². The van der Waals surface area contributed by atoms with Gasteiger partial charge in [0.15, 0.2) is 56.6 Å². The monoisotopic (exact) mass is 1790 g/mol. The highest BCUT2D eigenvalue weighted by molar-refractivity contribution is 5.77. The Morgan fingerprint density at radius 3 is 1.12 bits per heavy atom. The lowest BCUT2D eigenvalue weighted by atomic mass is 9.88. The number of hydrogen-bond donors (Lipinski definition) is 30. The molecule has 10 rings (SSSR count). The molecule has 0 aliphatic carbocycles. The number of nitrogens with one attached hydrogen (secondary N) is 3. The Balaban J connectivity index is 1.08. The summed E-state index contributed by atoms with van der Waals surface area (Å²) in [5, 5.41) is 311.